The number of aromatic nitrogens is 4. The van der Waals surface area contributed by atoms with Gasteiger partial charge < -0.3 is 21.1 Å². The van der Waals surface area contributed by atoms with E-state index in [9.17, 15) is 19.5 Å². The number of nitrogens with zero attached hydrogens (tertiary/aromatic N) is 4. The summed E-state index contributed by atoms with van der Waals surface area (Å²) >= 11 is 6.03. The van der Waals surface area contributed by atoms with Crippen molar-refractivity contribution in [2.45, 2.75) is 19.9 Å². The van der Waals surface area contributed by atoms with Gasteiger partial charge in [0, 0.05) is 42.8 Å². The quantitative estimate of drug-likeness (QED) is 0.175. The standard InChI is InChI=1S/C32H28ClN7O4/c1-2-40-31(43)27(37-32(44)38-29-25(33)18-35-19-28(29)41)16-26(39-40)23-9-3-7-21(14-23)22-8-4-10-24(15-22)30(42)36-13-11-20-6-5-12-34-17-20/h3-10,12,14-19,41H,2,11,13H2,1H3,(H,36,42)(H2,35,37,38,44). The molecular formula is C32H28ClN7O4. The Morgan fingerprint density at radius 2 is 1.68 bits per heavy atom. The predicted octanol–water partition coefficient (Wildman–Crippen LogP) is 5.36. The number of benzene rings is 2. The number of nitrogens with one attached hydrogen (secondary N) is 3. The van der Waals surface area contributed by atoms with E-state index in [0.29, 0.717) is 29.8 Å². The second-order valence-electron chi connectivity index (χ2n) is 9.69. The fourth-order valence-corrected chi connectivity index (χ4v) is 4.67. The van der Waals surface area contributed by atoms with Crippen molar-refractivity contribution in [3.05, 3.63) is 118 Å². The molecule has 0 saturated carbocycles. The van der Waals surface area contributed by atoms with E-state index in [2.05, 4.69) is 31.0 Å². The van der Waals surface area contributed by atoms with E-state index in [4.69, 9.17) is 11.6 Å². The van der Waals surface area contributed by atoms with Gasteiger partial charge in [-0.15, -0.1) is 0 Å². The number of urea groups is 1. The Kier molecular flexibility index (Phi) is 9.26. The fourth-order valence-electron chi connectivity index (χ4n) is 4.47. The van der Waals surface area contributed by atoms with Crippen molar-refractivity contribution in [1.82, 2.24) is 25.1 Å². The predicted molar refractivity (Wildman–Crippen MR) is 169 cm³/mol. The summed E-state index contributed by atoms with van der Waals surface area (Å²) in [4.78, 5) is 46.4. The summed E-state index contributed by atoms with van der Waals surface area (Å²) in [6, 6.07) is 19.3. The van der Waals surface area contributed by atoms with Crippen molar-refractivity contribution in [3.8, 4) is 28.1 Å². The first-order valence-electron chi connectivity index (χ1n) is 13.7. The van der Waals surface area contributed by atoms with Gasteiger partial charge >= 0.3 is 6.03 Å². The molecule has 4 N–H and O–H groups in total. The van der Waals surface area contributed by atoms with Crippen LogP contribution in [0.5, 0.6) is 5.75 Å². The number of amides is 3. The molecule has 0 saturated heterocycles. The minimum atomic E-state index is -0.783. The van der Waals surface area contributed by atoms with Crippen LogP contribution in [-0.4, -0.2) is 43.3 Å². The van der Waals surface area contributed by atoms with E-state index in [-0.39, 0.29) is 34.6 Å². The Labute approximate surface area is 257 Å². The lowest BCUT2D eigenvalue weighted by molar-refractivity contribution is 0.0954. The number of anilines is 2. The third-order valence-electron chi connectivity index (χ3n) is 6.68. The average Bonchev–Trinajstić information content (AvgIpc) is 3.04. The number of aryl methyl sites for hydroxylation is 1. The van der Waals surface area contributed by atoms with Gasteiger partial charge in [-0.1, -0.05) is 48.0 Å². The lowest BCUT2D eigenvalue weighted by Gasteiger charge is -2.13. The smallest absolute Gasteiger partial charge is 0.323 e. The van der Waals surface area contributed by atoms with E-state index in [1.165, 1.54) is 16.9 Å². The number of carbonyl (C=O) groups excluding carboxylic acids is 2. The largest absolute Gasteiger partial charge is 0.504 e. The third-order valence-corrected chi connectivity index (χ3v) is 6.97. The van der Waals surface area contributed by atoms with Crippen LogP contribution in [0.2, 0.25) is 5.02 Å². The SMILES string of the molecule is CCn1nc(-c2cccc(-c3cccc(C(=O)NCCc4cccnc4)c3)c2)cc(NC(=O)Nc2c(O)cncc2Cl)c1=O. The third kappa shape index (κ3) is 7.08. The molecule has 0 spiro atoms. The van der Waals surface area contributed by atoms with Crippen molar-refractivity contribution in [2.24, 2.45) is 0 Å². The van der Waals surface area contributed by atoms with Crippen molar-refractivity contribution >= 4 is 34.9 Å². The molecule has 0 radical (unpaired) electrons. The maximum absolute atomic E-state index is 13.0. The van der Waals surface area contributed by atoms with Crippen LogP contribution in [0.1, 0.15) is 22.8 Å². The fraction of sp³-hybridized carbons (Fsp3) is 0.125. The molecule has 3 aromatic heterocycles. The summed E-state index contributed by atoms with van der Waals surface area (Å²) < 4.78 is 1.24. The highest BCUT2D eigenvalue weighted by Gasteiger charge is 2.16. The number of pyridine rings is 2. The first-order valence-corrected chi connectivity index (χ1v) is 14.1. The minimum absolute atomic E-state index is 0.0191. The highest BCUT2D eigenvalue weighted by atomic mass is 35.5. The first kappa shape index (κ1) is 29.9. The molecular weight excluding hydrogens is 582 g/mol. The Hall–Kier alpha value is -5.55. The van der Waals surface area contributed by atoms with Gasteiger partial charge in [-0.25, -0.2) is 9.48 Å². The highest BCUT2D eigenvalue weighted by Crippen LogP contribution is 2.30. The van der Waals surface area contributed by atoms with Crippen LogP contribution in [0.15, 0.2) is 96.3 Å². The van der Waals surface area contributed by atoms with Gasteiger partial charge in [0.1, 0.15) is 11.4 Å². The Morgan fingerprint density at radius 1 is 0.909 bits per heavy atom. The molecule has 0 aliphatic carbocycles. The van der Waals surface area contributed by atoms with Crippen molar-refractivity contribution in [3.63, 3.8) is 0 Å². The molecule has 5 aromatic rings. The number of hydrogen-bond acceptors (Lipinski definition) is 7. The number of halogens is 1. The molecule has 3 amide bonds. The van der Waals surface area contributed by atoms with E-state index in [1.54, 1.807) is 25.4 Å². The van der Waals surface area contributed by atoms with Crippen LogP contribution < -0.4 is 21.5 Å². The zero-order valence-electron chi connectivity index (χ0n) is 23.6. The Balaban J connectivity index is 1.36. The van der Waals surface area contributed by atoms with Gasteiger partial charge in [-0.05, 0) is 60.4 Å². The van der Waals surface area contributed by atoms with Crippen molar-refractivity contribution in [2.75, 3.05) is 17.2 Å². The summed E-state index contributed by atoms with van der Waals surface area (Å²) in [6.45, 7) is 2.51. The molecule has 0 bridgehead atoms. The monoisotopic (exact) mass is 609 g/mol. The highest BCUT2D eigenvalue weighted by molar-refractivity contribution is 6.34. The second-order valence-corrected chi connectivity index (χ2v) is 10.1. The molecule has 12 heteroatoms. The summed E-state index contributed by atoms with van der Waals surface area (Å²) in [5.74, 6) is -0.504. The molecule has 0 fully saturated rings. The lowest BCUT2D eigenvalue weighted by Crippen LogP contribution is -2.29. The van der Waals surface area contributed by atoms with Crippen LogP contribution >= 0.6 is 11.6 Å². The lowest BCUT2D eigenvalue weighted by atomic mass is 9.99. The normalized spacial score (nSPS) is 10.7. The number of carbonyl (C=O) groups is 2. The van der Waals surface area contributed by atoms with E-state index in [1.807, 2.05) is 54.6 Å². The zero-order chi connectivity index (χ0) is 31.1. The van der Waals surface area contributed by atoms with E-state index >= 15 is 0 Å². The summed E-state index contributed by atoms with van der Waals surface area (Å²) in [6.07, 6.45) is 6.56. The van der Waals surface area contributed by atoms with E-state index < -0.39 is 11.6 Å². The Morgan fingerprint density at radius 3 is 2.43 bits per heavy atom. The van der Waals surface area contributed by atoms with Gasteiger partial charge in [0.2, 0.25) is 0 Å². The van der Waals surface area contributed by atoms with Crippen LogP contribution in [0.4, 0.5) is 16.2 Å². The molecule has 5 rings (SSSR count). The van der Waals surface area contributed by atoms with Crippen LogP contribution in [-0.2, 0) is 13.0 Å². The summed E-state index contributed by atoms with van der Waals surface area (Å²) in [5, 5.41) is 22.4. The minimum Gasteiger partial charge on any atom is -0.504 e. The van der Waals surface area contributed by atoms with Crippen molar-refractivity contribution < 1.29 is 14.7 Å². The van der Waals surface area contributed by atoms with Gasteiger partial charge in [0.25, 0.3) is 11.5 Å². The maximum Gasteiger partial charge on any atom is 0.323 e. The van der Waals surface area contributed by atoms with Crippen molar-refractivity contribution in [1.29, 1.82) is 0 Å². The molecule has 0 atom stereocenters. The molecule has 11 nitrogen and oxygen atoms in total. The second kappa shape index (κ2) is 13.6. The van der Waals surface area contributed by atoms with Crippen LogP contribution in [0.25, 0.3) is 22.4 Å². The molecule has 0 unspecified atom stereocenters. The topological polar surface area (TPSA) is 151 Å². The first-order chi connectivity index (χ1) is 21.3. The molecule has 222 valence electrons. The zero-order valence-corrected chi connectivity index (χ0v) is 24.4. The van der Waals surface area contributed by atoms with Crippen LogP contribution in [0.3, 0.4) is 0 Å². The van der Waals surface area contributed by atoms with Gasteiger partial charge in [0.15, 0.2) is 5.75 Å². The summed E-state index contributed by atoms with van der Waals surface area (Å²) in [5.41, 5.74) is 3.78. The Bertz CT molecular complexity index is 1860. The number of hydrogen-bond donors (Lipinski definition) is 4. The van der Waals surface area contributed by atoms with E-state index in [0.717, 1.165) is 22.9 Å². The summed E-state index contributed by atoms with van der Waals surface area (Å²) in [7, 11) is 0. The van der Waals surface area contributed by atoms with Gasteiger partial charge in [-0.3, -0.25) is 19.6 Å². The van der Waals surface area contributed by atoms with Crippen LogP contribution in [0, 0.1) is 0 Å². The van der Waals surface area contributed by atoms with Gasteiger partial charge in [0.05, 0.1) is 16.9 Å². The average molecular weight is 610 g/mol. The number of rotatable bonds is 9. The molecule has 0 aliphatic rings. The maximum atomic E-state index is 13.0. The molecule has 44 heavy (non-hydrogen) atoms. The molecule has 0 aliphatic heterocycles. The molecule has 2 aromatic carbocycles. The van der Waals surface area contributed by atoms with Gasteiger partial charge in [-0.2, -0.15) is 5.10 Å². The molecule has 3 heterocycles. The number of aromatic hydroxyl groups is 1.